The molecule has 0 atom stereocenters. The molecular weight excluding hydrogens is 379 g/mol. The molecule has 0 unspecified atom stereocenters. The molecule has 1 aliphatic rings. The lowest BCUT2D eigenvalue weighted by Crippen LogP contribution is -2.14. The quantitative estimate of drug-likeness (QED) is 0.789. The van der Waals surface area contributed by atoms with E-state index in [0.717, 1.165) is 25.7 Å². The maximum atomic E-state index is 12.5. The Hall–Kier alpha value is -2.18. The second-order valence-corrected chi connectivity index (χ2v) is 6.80. The van der Waals surface area contributed by atoms with E-state index >= 15 is 0 Å². The van der Waals surface area contributed by atoms with Gasteiger partial charge in [-0.05, 0) is 43.9 Å². The van der Waals surface area contributed by atoms with Crippen LogP contribution >= 0.6 is 23.2 Å². The Labute approximate surface area is 160 Å². The predicted molar refractivity (Wildman–Crippen MR) is 97.4 cm³/mol. The number of amides is 1. The summed E-state index contributed by atoms with van der Waals surface area (Å²) in [5, 5.41) is 9.60. The summed E-state index contributed by atoms with van der Waals surface area (Å²) in [4.78, 5) is 16.5. The van der Waals surface area contributed by atoms with E-state index in [0.29, 0.717) is 21.8 Å². The molecule has 1 N–H and O–H groups in total. The molecule has 0 radical (unpaired) electrons. The van der Waals surface area contributed by atoms with Crippen LogP contribution < -0.4 is 14.8 Å². The molecule has 2 aromatic rings. The number of benzene rings is 1. The summed E-state index contributed by atoms with van der Waals surface area (Å²) >= 11 is 12.0. The zero-order chi connectivity index (χ0) is 18.7. The summed E-state index contributed by atoms with van der Waals surface area (Å²) in [6.07, 6.45) is 6.77. The van der Waals surface area contributed by atoms with Crippen LogP contribution in [0.4, 0.5) is 0 Å². The van der Waals surface area contributed by atoms with Gasteiger partial charge in [-0.3, -0.25) is 4.79 Å². The first kappa shape index (κ1) is 18.6. The number of methoxy groups -OCH3 is 1. The minimum Gasteiger partial charge on any atom is -0.493 e. The van der Waals surface area contributed by atoms with Crippen molar-refractivity contribution in [1.29, 1.82) is 0 Å². The number of carbonyl (C=O) groups is 1. The third kappa shape index (κ3) is 4.14. The van der Waals surface area contributed by atoms with E-state index in [1.165, 1.54) is 12.4 Å². The van der Waals surface area contributed by atoms with Crippen LogP contribution in [0.3, 0.4) is 0 Å². The fourth-order valence-corrected chi connectivity index (χ4v) is 3.40. The average molecular weight is 397 g/mol. The van der Waals surface area contributed by atoms with Gasteiger partial charge in [-0.25, -0.2) is 4.99 Å². The Morgan fingerprint density at radius 3 is 2.46 bits per heavy atom. The lowest BCUT2D eigenvalue weighted by molar-refractivity contribution is 0.0997. The number of halogens is 2. The molecular formula is C18H18Cl2N2O4. The number of hydrogen-bond acceptors (Lipinski definition) is 4. The van der Waals surface area contributed by atoms with Gasteiger partial charge in [0, 0.05) is 5.56 Å². The summed E-state index contributed by atoms with van der Waals surface area (Å²) in [5.74, 6) is 0.549. The van der Waals surface area contributed by atoms with E-state index in [1.54, 1.807) is 25.3 Å². The molecule has 1 amide bonds. The van der Waals surface area contributed by atoms with Gasteiger partial charge in [0.05, 0.1) is 35.7 Å². The molecule has 1 heterocycles. The molecule has 0 saturated heterocycles. The SMILES string of the molecule is COc1ccc(C(=O)N=c2c(Cl)cn(O)cc2Cl)cc1OC1CCCC1. The van der Waals surface area contributed by atoms with Crippen molar-refractivity contribution in [1.82, 2.24) is 4.73 Å². The fourth-order valence-electron chi connectivity index (χ4n) is 2.87. The second kappa shape index (κ2) is 8.01. The monoisotopic (exact) mass is 396 g/mol. The van der Waals surface area contributed by atoms with Crippen LogP contribution in [0.5, 0.6) is 11.5 Å². The van der Waals surface area contributed by atoms with E-state index in [1.807, 2.05) is 0 Å². The van der Waals surface area contributed by atoms with Crippen LogP contribution in [0.15, 0.2) is 35.6 Å². The maximum Gasteiger partial charge on any atom is 0.277 e. The van der Waals surface area contributed by atoms with E-state index in [4.69, 9.17) is 32.7 Å². The van der Waals surface area contributed by atoms with Crippen LogP contribution in [0.2, 0.25) is 10.0 Å². The van der Waals surface area contributed by atoms with Crippen molar-refractivity contribution < 1.29 is 19.5 Å². The van der Waals surface area contributed by atoms with Gasteiger partial charge in [-0.2, -0.15) is 4.73 Å². The molecule has 3 rings (SSSR count). The van der Waals surface area contributed by atoms with Crippen molar-refractivity contribution in [3.63, 3.8) is 0 Å². The summed E-state index contributed by atoms with van der Waals surface area (Å²) < 4.78 is 12.0. The Kier molecular flexibility index (Phi) is 5.74. The van der Waals surface area contributed by atoms with Gasteiger partial charge in [0.15, 0.2) is 11.5 Å². The molecule has 1 aromatic heterocycles. The van der Waals surface area contributed by atoms with E-state index in [-0.39, 0.29) is 21.5 Å². The first-order valence-electron chi connectivity index (χ1n) is 8.18. The van der Waals surface area contributed by atoms with E-state index < -0.39 is 5.91 Å². The highest BCUT2D eigenvalue weighted by molar-refractivity contribution is 6.34. The van der Waals surface area contributed by atoms with Gasteiger partial charge in [0.2, 0.25) is 0 Å². The van der Waals surface area contributed by atoms with E-state index in [2.05, 4.69) is 4.99 Å². The highest BCUT2D eigenvalue weighted by Gasteiger charge is 2.19. The van der Waals surface area contributed by atoms with Crippen molar-refractivity contribution in [2.75, 3.05) is 7.11 Å². The molecule has 0 bridgehead atoms. The molecule has 6 nitrogen and oxygen atoms in total. The molecule has 0 aliphatic heterocycles. The van der Waals surface area contributed by atoms with Crippen LogP contribution in [-0.2, 0) is 0 Å². The summed E-state index contributed by atoms with van der Waals surface area (Å²) in [6.45, 7) is 0. The first-order chi connectivity index (χ1) is 12.5. The van der Waals surface area contributed by atoms with Crippen molar-refractivity contribution >= 4 is 29.1 Å². The van der Waals surface area contributed by atoms with Crippen molar-refractivity contribution in [2.24, 2.45) is 4.99 Å². The molecule has 138 valence electrons. The van der Waals surface area contributed by atoms with Crippen molar-refractivity contribution in [3.8, 4) is 11.5 Å². The van der Waals surface area contributed by atoms with Gasteiger partial charge in [0.25, 0.3) is 5.91 Å². The highest BCUT2D eigenvalue weighted by Crippen LogP contribution is 2.32. The number of carbonyl (C=O) groups excluding carboxylic acids is 1. The number of aromatic nitrogens is 1. The van der Waals surface area contributed by atoms with E-state index in [9.17, 15) is 10.0 Å². The summed E-state index contributed by atoms with van der Waals surface area (Å²) in [6, 6.07) is 4.88. The van der Waals surface area contributed by atoms with Gasteiger partial charge >= 0.3 is 0 Å². The molecule has 1 aromatic carbocycles. The standard InChI is InChI=1S/C18H18Cl2N2O4/c1-25-15-7-6-11(8-16(15)26-12-4-2-3-5-12)18(23)21-17-13(19)9-22(24)10-14(17)20/h6-10,12,24H,2-5H2,1H3. The lowest BCUT2D eigenvalue weighted by atomic mass is 10.2. The van der Waals surface area contributed by atoms with Crippen LogP contribution in [-0.4, -0.2) is 29.1 Å². The zero-order valence-corrected chi connectivity index (χ0v) is 15.6. The lowest BCUT2D eigenvalue weighted by Gasteiger charge is -2.16. The smallest absolute Gasteiger partial charge is 0.277 e. The largest absolute Gasteiger partial charge is 0.493 e. The van der Waals surface area contributed by atoms with Gasteiger partial charge < -0.3 is 14.7 Å². The van der Waals surface area contributed by atoms with Gasteiger partial charge in [0.1, 0.15) is 5.36 Å². The molecule has 8 heteroatoms. The van der Waals surface area contributed by atoms with Gasteiger partial charge in [-0.15, -0.1) is 0 Å². The zero-order valence-electron chi connectivity index (χ0n) is 14.1. The third-order valence-corrected chi connectivity index (χ3v) is 4.72. The first-order valence-corrected chi connectivity index (χ1v) is 8.94. The highest BCUT2D eigenvalue weighted by atomic mass is 35.5. The Morgan fingerprint density at radius 1 is 1.19 bits per heavy atom. The molecule has 0 spiro atoms. The Morgan fingerprint density at radius 2 is 1.85 bits per heavy atom. The Bertz CT molecular complexity index is 863. The van der Waals surface area contributed by atoms with Crippen LogP contribution in [0, 0.1) is 0 Å². The number of nitrogens with zero attached hydrogens (tertiary/aromatic N) is 2. The maximum absolute atomic E-state index is 12.5. The Balaban J connectivity index is 1.93. The minimum atomic E-state index is -0.525. The second-order valence-electron chi connectivity index (χ2n) is 5.99. The molecule has 1 fully saturated rings. The van der Waals surface area contributed by atoms with Crippen molar-refractivity contribution in [2.45, 2.75) is 31.8 Å². The van der Waals surface area contributed by atoms with Crippen molar-refractivity contribution in [3.05, 3.63) is 51.6 Å². The molecule has 1 aliphatic carbocycles. The number of rotatable bonds is 4. The minimum absolute atomic E-state index is 0.0595. The third-order valence-electron chi connectivity index (χ3n) is 4.16. The topological polar surface area (TPSA) is 73.0 Å². The normalized spacial score (nSPS) is 14.3. The number of ether oxygens (including phenoxy) is 2. The van der Waals surface area contributed by atoms with Gasteiger partial charge in [-0.1, -0.05) is 23.2 Å². The fraction of sp³-hybridized carbons (Fsp3) is 0.333. The summed E-state index contributed by atoms with van der Waals surface area (Å²) in [5.41, 5.74) is 0.326. The van der Waals surface area contributed by atoms with Crippen LogP contribution in [0.1, 0.15) is 36.0 Å². The number of hydrogen-bond donors (Lipinski definition) is 1. The number of pyridine rings is 1. The molecule has 26 heavy (non-hydrogen) atoms. The average Bonchev–Trinajstić information content (AvgIpc) is 3.11. The molecule has 1 saturated carbocycles. The predicted octanol–water partition coefficient (Wildman–Crippen LogP) is 4.10. The van der Waals surface area contributed by atoms with Crippen LogP contribution in [0.25, 0.3) is 0 Å². The summed E-state index contributed by atoms with van der Waals surface area (Å²) in [7, 11) is 1.55.